The number of amides is 1. The maximum absolute atomic E-state index is 12.5. The third-order valence-electron chi connectivity index (χ3n) is 5.77. The minimum Gasteiger partial charge on any atom is -0.493 e. The van der Waals surface area contributed by atoms with Gasteiger partial charge in [-0.15, -0.1) is 0 Å². The van der Waals surface area contributed by atoms with Crippen LogP contribution in [0.15, 0.2) is 72.8 Å². The fourth-order valence-electron chi connectivity index (χ4n) is 3.78. The molecule has 0 spiro atoms. The molecule has 0 radical (unpaired) electrons. The number of nitrogens with one attached hydrogen (secondary N) is 2. The first-order chi connectivity index (χ1) is 18.3. The quantitative estimate of drug-likeness (QED) is 0.246. The third-order valence-corrected chi connectivity index (χ3v) is 6.32. The summed E-state index contributed by atoms with van der Waals surface area (Å²) in [5.41, 5.74) is 2.76. The van der Waals surface area contributed by atoms with Gasteiger partial charge in [-0.3, -0.25) is 4.79 Å². The molecule has 3 rings (SSSR count). The molecule has 1 amide bonds. The normalized spacial score (nSPS) is 12.1. The molecule has 3 aromatic rings. The highest BCUT2D eigenvalue weighted by Crippen LogP contribution is 2.29. The molecule has 0 fully saturated rings. The number of aliphatic hydroxyl groups is 1. The van der Waals surface area contributed by atoms with Gasteiger partial charge in [-0.25, -0.2) is 13.1 Å². The predicted molar refractivity (Wildman–Crippen MR) is 149 cm³/mol. The molecule has 204 valence electrons. The van der Waals surface area contributed by atoms with Crippen molar-refractivity contribution in [3.8, 4) is 22.6 Å². The smallest absolute Gasteiger partial charge is 0.268 e. The lowest BCUT2D eigenvalue weighted by Gasteiger charge is -2.14. The second-order valence-electron chi connectivity index (χ2n) is 8.97. The van der Waals surface area contributed by atoms with E-state index in [1.54, 1.807) is 18.2 Å². The van der Waals surface area contributed by atoms with Gasteiger partial charge in [0, 0.05) is 13.1 Å². The van der Waals surface area contributed by atoms with E-state index in [1.807, 2.05) is 59.3 Å². The molecular formula is C29H36N2O6S. The summed E-state index contributed by atoms with van der Waals surface area (Å²) in [6.07, 6.45) is 3.23. The van der Waals surface area contributed by atoms with Crippen molar-refractivity contribution in [3.63, 3.8) is 0 Å². The van der Waals surface area contributed by atoms with E-state index >= 15 is 0 Å². The zero-order valence-corrected chi connectivity index (χ0v) is 22.7. The van der Waals surface area contributed by atoms with Crippen LogP contribution in [0, 0.1) is 0 Å². The van der Waals surface area contributed by atoms with Gasteiger partial charge in [0.15, 0.2) is 0 Å². The average molecular weight is 541 g/mol. The highest BCUT2D eigenvalue weighted by molar-refractivity contribution is 7.89. The van der Waals surface area contributed by atoms with Crippen molar-refractivity contribution < 1.29 is 27.8 Å². The molecule has 9 heteroatoms. The second kappa shape index (κ2) is 14.5. The monoisotopic (exact) mass is 540 g/mol. The Bertz CT molecular complexity index is 1260. The summed E-state index contributed by atoms with van der Waals surface area (Å²) >= 11 is 0. The number of hydrogen-bond donors (Lipinski definition) is 3. The van der Waals surface area contributed by atoms with Gasteiger partial charge in [-0.2, -0.15) is 0 Å². The Morgan fingerprint density at radius 1 is 0.921 bits per heavy atom. The molecule has 0 saturated heterocycles. The molecular weight excluding hydrogens is 504 g/mol. The first kappa shape index (κ1) is 29.2. The van der Waals surface area contributed by atoms with Crippen molar-refractivity contribution in [1.82, 2.24) is 10.0 Å². The lowest BCUT2D eigenvalue weighted by molar-refractivity contribution is 0.0977. The van der Waals surface area contributed by atoms with Gasteiger partial charge in [-0.05, 0) is 47.4 Å². The lowest BCUT2D eigenvalue weighted by Crippen LogP contribution is -2.29. The van der Waals surface area contributed by atoms with Crippen LogP contribution >= 0.6 is 0 Å². The van der Waals surface area contributed by atoms with Gasteiger partial charge in [0.05, 0.1) is 24.5 Å². The van der Waals surface area contributed by atoms with Crippen molar-refractivity contribution >= 4 is 15.9 Å². The molecule has 3 N–H and O–H groups in total. The Labute approximate surface area is 225 Å². The van der Waals surface area contributed by atoms with Crippen molar-refractivity contribution in [2.75, 3.05) is 32.6 Å². The van der Waals surface area contributed by atoms with E-state index in [0.717, 1.165) is 42.2 Å². The fourth-order valence-corrected chi connectivity index (χ4v) is 4.23. The minimum atomic E-state index is -3.70. The number of rotatable bonds is 15. The second-order valence-corrected chi connectivity index (χ2v) is 10.7. The molecule has 38 heavy (non-hydrogen) atoms. The zero-order chi connectivity index (χ0) is 27.4. The Hall–Kier alpha value is -3.40. The molecule has 0 aliphatic carbocycles. The number of carbonyl (C=O) groups is 1. The molecule has 0 aromatic heterocycles. The van der Waals surface area contributed by atoms with Gasteiger partial charge in [-0.1, -0.05) is 68.3 Å². The van der Waals surface area contributed by atoms with Gasteiger partial charge in [0.2, 0.25) is 10.0 Å². The Kier molecular flexibility index (Phi) is 11.1. The molecule has 0 aliphatic heterocycles. The van der Waals surface area contributed by atoms with Crippen molar-refractivity contribution in [1.29, 1.82) is 0 Å². The maximum Gasteiger partial charge on any atom is 0.268 e. The van der Waals surface area contributed by atoms with Crippen LogP contribution < -0.4 is 19.5 Å². The minimum absolute atomic E-state index is 0.167. The molecule has 0 bridgehead atoms. The van der Waals surface area contributed by atoms with Crippen LogP contribution in [0.5, 0.6) is 11.5 Å². The SMILES string of the molecule is CCCCCOc1cc(-c2ccc(OCCNC[C@H](O)c3ccccc3)cc2)ccc1C(=O)NS(C)(=O)=O. The Balaban J connectivity index is 1.58. The third kappa shape index (κ3) is 9.48. The number of ether oxygens (including phenoxy) is 2. The number of unbranched alkanes of at least 4 members (excludes halogenated alkanes) is 2. The Morgan fingerprint density at radius 3 is 2.32 bits per heavy atom. The maximum atomic E-state index is 12.5. The molecule has 8 nitrogen and oxygen atoms in total. The van der Waals surface area contributed by atoms with Crippen LogP contribution in [0.2, 0.25) is 0 Å². The van der Waals surface area contributed by atoms with E-state index < -0.39 is 22.0 Å². The zero-order valence-electron chi connectivity index (χ0n) is 21.9. The van der Waals surface area contributed by atoms with Crippen LogP contribution in [0.3, 0.4) is 0 Å². The van der Waals surface area contributed by atoms with Gasteiger partial charge in [0.1, 0.15) is 18.1 Å². The number of benzene rings is 3. The van der Waals surface area contributed by atoms with Gasteiger partial charge < -0.3 is 19.9 Å². The van der Waals surface area contributed by atoms with Crippen LogP contribution in [0.4, 0.5) is 0 Å². The lowest BCUT2D eigenvalue weighted by atomic mass is 10.0. The topological polar surface area (TPSA) is 114 Å². The predicted octanol–water partition coefficient (Wildman–Crippen LogP) is 4.31. The number of hydrogen-bond acceptors (Lipinski definition) is 7. The van der Waals surface area contributed by atoms with Crippen molar-refractivity contribution in [2.45, 2.75) is 32.3 Å². The molecule has 3 aromatic carbocycles. The van der Waals surface area contributed by atoms with E-state index in [1.165, 1.54) is 0 Å². The highest BCUT2D eigenvalue weighted by Gasteiger charge is 2.17. The summed E-state index contributed by atoms with van der Waals surface area (Å²) in [5.74, 6) is 0.321. The van der Waals surface area contributed by atoms with Crippen LogP contribution in [0.1, 0.15) is 48.2 Å². The molecule has 0 saturated carbocycles. The summed E-state index contributed by atoms with van der Waals surface area (Å²) in [7, 11) is -3.70. The number of carbonyl (C=O) groups excluding carboxylic acids is 1. The van der Waals surface area contributed by atoms with Crippen LogP contribution in [-0.4, -0.2) is 52.0 Å². The average Bonchev–Trinajstić information content (AvgIpc) is 2.90. The molecule has 0 unspecified atom stereocenters. The van der Waals surface area contributed by atoms with E-state index in [-0.39, 0.29) is 5.56 Å². The summed E-state index contributed by atoms with van der Waals surface area (Å²) in [5, 5.41) is 13.4. The summed E-state index contributed by atoms with van der Waals surface area (Å²) in [6.45, 7) is 3.99. The first-order valence-electron chi connectivity index (χ1n) is 12.7. The van der Waals surface area contributed by atoms with E-state index in [4.69, 9.17) is 9.47 Å². The summed E-state index contributed by atoms with van der Waals surface area (Å²) < 4.78 is 36.8. The number of aliphatic hydroxyl groups excluding tert-OH is 1. The molecule has 0 aliphatic rings. The van der Waals surface area contributed by atoms with Crippen molar-refractivity contribution in [3.05, 3.63) is 83.9 Å². The standard InChI is InChI=1S/C29H36N2O6S/c1-3-4-8-18-37-28-20-24(13-16-26(28)29(33)31-38(2,34)35)22-11-14-25(15-12-22)36-19-17-30-21-27(32)23-9-6-5-7-10-23/h5-7,9-16,20,27,30,32H,3-4,8,17-19,21H2,1-2H3,(H,31,33)/t27-/m0/s1. The summed E-state index contributed by atoms with van der Waals surface area (Å²) in [4.78, 5) is 12.5. The molecule has 0 heterocycles. The van der Waals surface area contributed by atoms with Crippen molar-refractivity contribution in [2.24, 2.45) is 0 Å². The van der Waals surface area contributed by atoms with Crippen LogP contribution in [0.25, 0.3) is 11.1 Å². The van der Waals surface area contributed by atoms with E-state index in [0.29, 0.717) is 37.8 Å². The largest absolute Gasteiger partial charge is 0.493 e. The van der Waals surface area contributed by atoms with Crippen LogP contribution in [-0.2, 0) is 10.0 Å². The number of sulfonamides is 1. The fraction of sp³-hybridized carbons (Fsp3) is 0.345. The van der Waals surface area contributed by atoms with Gasteiger partial charge in [0.25, 0.3) is 5.91 Å². The molecule has 1 atom stereocenters. The first-order valence-corrected chi connectivity index (χ1v) is 14.6. The Morgan fingerprint density at radius 2 is 1.63 bits per heavy atom. The highest BCUT2D eigenvalue weighted by atomic mass is 32.2. The van der Waals surface area contributed by atoms with E-state index in [9.17, 15) is 18.3 Å². The van der Waals surface area contributed by atoms with E-state index in [2.05, 4.69) is 12.2 Å². The summed E-state index contributed by atoms with van der Waals surface area (Å²) in [6, 6.07) is 22.1. The van der Waals surface area contributed by atoms with Gasteiger partial charge >= 0.3 is 0 Å².